The van der Waals surface area contributed by atoms with Crippen LogP contribution < -0.4 is 10.6 Å². The zero-order chi connectivity index (χ0) is 15.8. The summed E-state index contributed by atoms with van der Waals surface area (Å²) in [5, 5.41) is 14.5. The maximum Gasteiger partial charge on any atom is 0.315 e. The maximum atomic E-state index is 13.2. The Balaban J connectivity index is 1.66. The van der Waals surface area contributed by atoms with Crippen molar-refractivity contribution in [1.29, 1.82) is 0 Å². The number of hydrogen-bond acceptors (Lipinski definition) is 3. The zero-order valence-electron chi connectivity index (χ0n) is 12.6. The van der Waals surface area contributed by atoms with Crippen molar-refractivity contribution >= 4 is 6.03 Å². The van der Waals surface area contributed by atoms with Crippen molar-refractivity contribution in [3.63, 3.8) is 0 Å². The number of aliphatic hydroxyl groups is 1. The van der Waals surface area contributed by atoms with Gasteiger partial charge in [-0.2, -0.15) is 0 Å². The molecular formula is C16H23FN2O3. The molecule has 3 N–H and O–H groups in total. The Bertz CT molecular complexity index is 490. The number of hydrogen-bond donors (Lipinski definition) is 3. The Labute approximate surface area is 129 Å². The monoisotopic (exact) mass is 310 g/mol. The smallest absolute Gasteiger partial charge is 0.315 e. The van der Waals surface area contributed by atoms with E-state index in [1.54, 1.807) is 12.1 Å². The van der Waals surface area contributed by atoms with Gasteiger partial charge in [0, 0.05) is 25.3 Å². The van der Waals surface area contributed by atoms with Gasteiger partial charge < -0.3 is 20.5 Å². The summed E-state index contributed by atoms with van der Waals surface area (Å²) < 4.78 is 18.8. The van der Waals surface area contributed by atoms with E-state index < -0.39 is 5.82 Å². The molecule has 1 unspecified atom stereocenters. The van der Waals surface area contributed by atoms with Gasteiger partial charge in [-0.3, -0.25) is 0 Å². The van der Waals surface area contributed by atoms with Crippen molar-refractivity contribution in [3.8, 4) is 0 Å². The Kier molecular flexibility index (Phi) is 6.61. The summed E-state index contributed by atoms with van der Waals surface area (Å²) in [4.78, 5) is 11.7. The number of urea groups is 1. The third-order valence-corrected chi connectivity index (χ3v) is 3.76. The van der Waals surface area contributed by atoms with Gasteiger partial charge in [-0.05, 0) is 43.4 Å². The van der Waals surface area contributed by atoms with Crippen LogP contribution in [0.4, 0.5) is 9.18 Å². The van der Waals surface area contributed by atoms with Crippen LogP contribution in [0.1, 0.15) is 36.8 Å². The molecule has 0 saturated carbocycles. The van der Waals surface area contributed by atoms with Crippen molar-refractivity contribution in [3.05, 3.63) is 35.1 Å². The first-order valence-electron chi connectivity index (χ1n) is 7.70. The second-order valence-corrected chi connectivity index (χ2v) is 5.47. The van der Waals surface area contributed by atoms with E-state index >= 15 is 0 Å². The van der Waals surface area contributed by atoms with Crippen LogP contribution in [-0.4, -0.2) is 30.4 Å². The molecule has 0 bridgehead atoms. The number of ether oxygens (including phenoxy) is 1. The summed E-state index contributed by atoms with van der Waals surface area (Å²) in [5.74, 6) is -0.441. The fourth-order valence-corrected chi connectivity index (χ4v) is 2.49. The minimum Gasteiger partial charge on any atom is -0.392 e. The van der Waals surface area contributed by atoms with E-state index in [4.69, 9.17) is 9.84 Å². The average Bonchev–Trinajstić information content (AvgIpc) is 2.55. The van der Waals surface area contributed by atoms with Crippen LogP contribution in [0.3, 0.4) is 0 Å². The summed E-state index contributed by atoms with van der Waals surface area (Å²) in [6.07, 6.45) is 4.44. The van der Waals surface area contributed by atoms with Crippen LogP contribution in [0.25, 0.3) is 0 Å². The molecular weight excluding hydrogens is 287 g/mol. The van der Waals surface area contributed by atoms with Gasteiger partial charge >= 0.3 is 6.03 Å². The fourth-order valence-electron chi connectivity index (χ4n) is 2.49. The number of halogens is 1. The molecule has 1 atom stereocenters. The average molecular weight is 310 g/mol. The van der Waals surface area contributed by atoms with Gasteiger partial charge in [0.2, 0.25) is 0 Å². The Morgan fingerprint density at radius 2 is 2.23 bits per heavy atom. The molecule has 0 spiro atoms. The first kappa shape index (κ1) is 16.7. The predicted molar refractivity (Wildman–Crippen MR) is 80.8 cm³/mol. The highest BCUT2D eigenvalue weighted by Crippen LogP contribution is 2.14. The quantitative estimate of drug-likeness (QED) is 0.753. The largest absolute Gasteiger partial charge is 0.392 e. The molecule has 6 heteroatoms. The van der Waals surface area contributed by atoms with Crippen LogP contribution in [-0.2, 0) is 17.9 Å². The van der Waals surface area contributed by atoms with E-state index in [2.05, 4.69) is 10.6 Å². The molecule has 1 saturated heterocycles. The van der Waals surface area contributed by atoms with Crippen LogP contribution in [0.2, 0.25) is 0 Å². The van der Waals surface area contributed by atoms with Gasteiger partial charge in [0.05, 0.1) is 12.7 Å². The van der Waals surface area contributed by atoms with Gasteiger partial charge in [0.25, 0.3) is 0 Å². The standard InChI is InChI=1S/C16H23FN2O3/c17-15-5-4-12(9-13(15)11-20)10-19-16(21)18-7-6-14-3-1-2-8-22-14/h4-5,9,14,20H,1-3,6-8,10-11H2,(H2,18,19,21). The van der Waals surface area contributed by atoms with E-state index in [0.29, 0.717) is 13.1 Å². The molecule has 1 aliphatic heterocycles. The number of nitrogens with one attached hydrogen (secondary N) is 2. The Morgan fingerprint density at radius 3 is 2.95 bits per heavy atom. The van der Waals surface area contributed by atoms with Crippen molar-refractivity contribution in [2.24, 2.45) is 0 Å². The number of benzene rings is 1. The second-order valence-electron chi connectivity index (χ2n) is 5.47. The third kappa shape index (κ3) is 5.27. The van der Waals surface area contributed by atoms with Gasteiger partial charge in [-0.25, -0.2) is 9.18 Å². The molecule has 2 amide bonds. The predicted octanol–water partition coefficient (Wildman–Crippen LogP) is 2.08. The summed E-state index contributed by atoms with van der Waals surface area (Å²) in [7, 11) is 0. The Morgan fingerprint density at radius 1 is 1.36 bits per heavy atom. The number of amides is 2. The minimum absolute atomic E-state index is 0.231. The van der Waals surface area contributed by atoms with Crippen molar-refractivity contribution in [2.75, 3.05) is 13.2 Å². The summed E-state index contributed by atoms with van der Waals surface area (Å²) in [6, 6.07) is 4.17. The van der Waals surface area contributed by atoms with Gasteiger partial charge in [-0.15, -0.1) is 0 Å². The third-order valence-electron chi connectivity index (χ3n) is 3.76. The van der Waals surface area contributed by atoms with Crippen molar-refractivity contribution in [1.82, 2.24) is 10.6 Å². The lowest BCUT2D eigenvalue weighted by Gasteiger charge is -2.22. The molecule has 0 aromatic heterocycles. The molecule has 0 radical (unpaired) electrons. The highest BCUT2D eigenvalue weighted by molar-refractivity contribution is 5.73. The van der Waals surface area contributed by atoms with Gasteiger partial charge in [-0.1, -0.05) is 6.07 Å². The molecule has 0 aliphatic carbocycles. The van der Waals surface area contributed by atoms with Crippen LogP contribution in [0, 0.1) is 5.82 Å². The SMILES string of the molecule is O=C(NCCC1CCCCO1)NCc1ccc(F)c(CO)c1. The normalized spacial score (nSPS) is 18.0. The molecule has 1 heterocycles. The molecule has 1 aliphatic rings. The van der Waals surface area contributed by atoms with E-state index in [-0.39, 0.29) is 24.3 Å². The molecule has 1 aromatic rings. The van der Waals surface area contributed by atoms with Crippen LogP contribution in [0.15, 0.2) is 18.2 Å². The Hall–Kier alpha value is -1.66. The first-order valence-corrected chi connectivity index (χ1v) is 7.70. The van der Waals surface area contributed by atoms with E-state index in [1.807, 2.05) is 0 Å². The number of rotatable bonds is 6. The highest BCUT2D eigenvalue weighted by Gasteiger charge is 2.13. The fraction of sp³-hybridized carbons (Fsp3) is 0.562. The van der Waals surface area contributed by atoms with Crippen molar-refractivity contribution < 1.29 is 19.0 Å². The summed E-state index contributed by atoms with van der Waals surface area (Å²) in [6.45, 7) is 1.32. The van der Waals surface area contributed by atoms with Crippen molar-refractivity contribution in [2.45, 2.75) is 44.9 Å². The molecule has 1 aromatic carbocycles. The maximum absolute atomic E-state index is 13.2. The molecule has 2 rings (SSSR count). The van der Waals surface area contributed by atoms with E-state index in [1.165, 1.54) is 12.5 Å². The topological polar surface area (TPSA) is 70.6 Å². The molecule has 1 fully saturated rings. The van der Waals surface area contributed by atoms with Crippen LogP contribution >= 0.6 is 0 Å². The summed E-state index contributed by atoms with van der Waals surface area (Å²) in [5.41, 5.74) is 0.977. The second kappa shape index (κ2) is 8.70. The van der Waals surface area contributed by atoms with Gasteiger partial charge in [0.15, 0.2) is 0 Å². The lowest BCUT2D eigenvalue weighted by Crippen LogP contribution is -2.37. The minimum atomic E-state index is -0.441. The lowest BCUT2D eigenvalue weighted by atomic mass is 10.1. The number of aliphatic hydroxyl groups excluding tert-OH is 1. The van der Waals surface area contributed by atoms with Crippen LogP contribution in [0.5, 0.6) is 0 Å². The highest BCUT2D eigenvalue weighted by atomic mass is 19.1. The lowest BCUT2D eigenvalue weighted by molar-refractivity contribution is 0.0120. The molecule has 5 nitrogen and oxygen atoms in total. The van der Waals surface area contributed by atoms with E-state index in [9.17, 15) is 9.18 Å². The molecule has 122 valence electrons. The van der Waals surface area contributed by atoms with Gasteiger partial charge in [0.1, 0.15) is 5.82 Å². The zero-order valence-corrected chi connectivity index (χ0v) is 12.6. The number of carbonyl (C=O) groups excluding carboxylic acids is 1. The summed E-state index contributed by atoms with van der Waals surface area (Å²) >= 11 is 0. The first-order chi connectivity index (χ1) is 10.7. The van der Waals surface area contributed by atoms with E-state index in [0.717, 1.165) is 31.4 Å². The molecule has 22 heavy (non-hydrogen) atoms. The number of carbonyl (C=O) groups is 1.